The van der Waals surface area contributed by atoms with Crippen molar-refractivity contribution in [1.82, 2.24) is 4.98 Å². The molecule has 1 N–H and O–H groups in total. The van der Waals surface area contributed by atoms with Crippen molar-refractivity contribution in [2.75, 3.05) is 11.1 Å². The van der Waals surface area contributed by atoms with Crippen LogP contribution in [0.1, 0.15) is 10.4 Å². The standard InChI is InChI=1S/C13H14N2OS2/c1-10-4-5-14-12(7-10)15-13(16)9-17-8-11-3-2-6-18-11/h2-7H,8-9H2,1H3,(H,14,15,16). The summed E-state index contributed by atoms with van der Waals surface area (Å²) >= 11 is 3.33. The van der Waals surface area contributed by atoms with Gasteiger partial charge in [0, 0.05) is 16.8 Å². The molecule has 0 atom stereocenters. The predicted octanol–water partition coefficient (Wildman–Crippen LogP) is 3.32. The van der Waals surface area contributed by atoms with Gasteiger partial charge in [0.15, 0.2) is 0 Å². The molecule has 2 rings (SSSR count). The highest BCUT2D eigenvalue weighted by Gasteiger charge is 2.04. The number of hydrogen-bond donors (Lipinski definition) is 1. The zero-order valence-electron chi connectivity index (χ0n) is 10.1. The average Bonchev–Trinajstić information content (AvgIpc) is 2.82. The van der Waals surface area contributed by atoms with Crippen LogP contribution in [-0.2, 0) is 10.5 Å². The number of rotatable bonds is 5. The highest BCUT2D eigenvalue weighted by molar-refractivity contribution is 7.99. The van der Waals surface area contributed by atoms with Gasteiger partial charge in [-0.2, -0.15) is 0 Å². The van der Waals surface area contributed by atoms with E-state index in [9.17, 15) is 4.79 Å². The Labute approximate surface area is 115 Å². The van der Waals surface area contributed by atoms with Crippen LogP contribution < -0.4 is 5.32 Å². The fraction of sp³-hybridized carbons (Fsp3) is 0.231. The van der Waals surface area contributed by atoms with Crippen molar-refractivity contribution in [3.8, 4) is 0 Å². The number of pyridine rings is 1. The van der Waals surface area contributed by atoms with Gasteiger partial charge < -0.3 is 5.32 Å². The average molecular weight is 278 g/mol. The van der Waals surface area contributed by atoms with Crippen molar-refractivity contribution in [3.63, 3.8) is 0 Å². The van der Waals surface area contributed by atoms with E-state index in [1.165, 1.54) is 4.88 Å². The fourth-order valence-electron chi connectivity index (χ4n) is 1.42. The number of thiophene rings is 1. The summed E-state index contributed by atoms with van der Waals surface area (Å²) in [6.45, 7) is 1.98. The summed E-state index contributed by atoms with van der Waals surface area (Å²) in [4.78, 5) is 17.1. The Morgan fingerprint density at radius 3 is 3.11 bits per heavy atom. The van der Waals surface area contributed by atoms with Crippen LogP contribution in [0.2, 0.25) is 0 Å². The number of hydrogen-bond acceptors (Lipinski definition) is 4. The van der Waals surface area contributed by atoms with Gasteiger partial charge in [0.2, 0.25) is 5.91 Å². The Morgan fingerprint density at radius 2 is 2.39 bits per heavy atom. The molecule has 0 saturated carbocycles. The minimum absolute atomic E-state index is 0.00495. The van der Waals surface area contributed by atoms with Crippen molar-refractivity contribution >= 4 is 34.8 Å². The summed E-state index contributed by atoms with van der Waals surface area (Å²) < 4.78 is 0. The minimum atomic E-state index is -0.00495. The summed E-state index contributed by atoms with van der Waals surface area (Å²) in [6, 6.07) is 7.87. The summed E-state index contributed by atoms with van der Waals surface area (Å²) in [5.41, 5.74) is 1.09. The Kier molecular flexibility index (Phi) is 4.78. The van der Waals surface area contributed by atoms with Crippen molar-refractivity contribution in [3.05, 3.63) is 46.3 Å². The Bertz CT molecular complexity index is 511. The molecule has 0 spiro atoms. The molecule has 0 unspecified atom stereocenters. The van der Waals surface area contributed by atoms with Crippen molar-refractivity contribution in [2.45, 2.75) is 12.7 Å². The monoisotopic (exact) mass is 278 g/mol. The third-order valence-electron chi connectivity index (χ3n) is 2.24. The number of carbonyl (C=O) groups is 1. The molecule has 0 bridgehead atoms. The highest BCUT2D eigenvalue weighted by Crippen LogP contribution is 2.17. The normalized spacial score (nSPS) is 10.3. The van der Waals surface area contributed by atoms with Gasteiger partial charge in [-0.25, -0.2) is 4.98 Å². The number of thioether (sulfide) groups is 1. The van der Waals surface area contributed by atoms with Crippen molar-refractivity contribution in [1.29, 1.82) is 0 Å². The Balaban J connectivity index is 1.75. The Morgan fingerprint density at radius 1 is 1.50 bits per heavy atom. The third kappa shape index (κ3) is 4.16. The largest absolute Gasteiger partial charge is 0.310 e. The topological polar surface area (TPSA) is 42.0 Å². The van der Waals surface area contributed by atoms with E-state index in [1.807, 2.05) is 30.5 Å². The number of carbonyl (C=O) groups excluding carboxylic acids is 1. The van der Waals surface area contributed by atoms with Gasteiger partial charge in [-0.1, -0.05) is 6.07 Å². The first-order valence-electron chi connectivity index (χ1n) is 5.56. The molecule has 94 valence electrons. The van der Waals surface area contributed by atoms with E-state index in [4.69, 9.17) is 0 Å². The molecule has 2 heterocycles. The molecule has 3 nitrogen and oxygen atoms in total. The van der Waals surface area contributed by atoms with Crippen LogP contribution in [0.25, 0.3) is 0 Å². The van der Waals surface area contributed by atoms with Gasteiger partial charge in [0.25, 0.3) is 0 Å². The number of nitrogens with zero attached hydrogens (tertiary/aromatic N) is 1. The number of nitrogens with one attached hydrogen (secondary N) is 1. The van der Waals surface area contributed by atoms with Gasteiger partial charge in [-0.3, -0.25) is 4.79 Å². The van der Waals surface area contributed by atoms with E-state index in [2.05, 4.69) is 16.4 Å². The lowest BCUT2D eigenvalue weighted by Crippen LogP contribution is -2.15. The SMILES string of the molecule is Cc1ccnc(NC(=O)CSCc2cccs2)c1. The van der Waals surface area contributed by atoms with Gasteiger partial charge >= 0.3 is 0 Å². The lowest BCUT2D eigenvalue weighted by Gasteiger charge is -2.04. The van der Waals surface area contributed by atoms with Gasteiger partial charge in [0.05, 0.1) is 5.75 Å². The summed E-state index contributed by atoms with van der Waals surface area (Å²) in [5.74, 6) is 1.95. The van der Waals surface area contributed by atoms with E-state index in [0.29, 0.717) is 11.6 Å². The quantitative estimate of drug-likeness (QED) is 0.912. The van der Waals surface area contributed by atoms with Crippen LogP contribution in [0.5, 0.6) is 0 Å². The molecule has 2 aromatic heterocycles. The van der Waals surface area contributed by atoms with E-state index in [1.54, 1.807) is 29.3 Å². The van der Waals surface area contributed by atoms with Crippen molar-refractivity contribution < 1.29 is 4.79 Å². The number of anilines is 1. The molecule has 18 heavy (non-hydrogen) atoms. The second-order valence-corrected chi connectivity index (χ2v) is 5.86. The minimum Gasteiger partial charge on any atom is -0.310 e. The number of aromatic nitrogens is 1. The maximum absolute atomic E-state index is 11.7. The van der Waals surface area contributed by atoms with Crippen LogP contribution in [0.3, 0.4) is 0 Å². The van der Waals surface area contributed by atoms with Crippen LogP contribution >= 0.6 is 23.1 Å². The zero-order chi connectivity index (χ0) is 12.8. The highest BCUT2D eigenvalue weighted by atomic mass is 32.2. The molecule has 5 heteroatoms. The smallest absolute Gasteiger partial charge is 0.235 e. The molecule has 0 radical (unpaired) electrons. The third-order valence-corrected chi connectivity index (χ3v) is 4.28. The first-order valence-corrected chi connectivity index (χ1v) is 7.60. The molecule has 0 aromatic carbocycles. The van der Waals surface area contributed by atoms with Crippen LogP contribution in [-0.4, -0.2) is 16.6 Å². The predicted molar refractivity (Wildman–Crippen MR) is 78.1 cm³/mol. The van der Waals surface area contributed by atoms with Gasteiger partial charge in [0.1, 0.15) is 5.82 Å². The molecule has 2 aromatic rings. The number of amides is 1. The molecule has 1 amide bonds. The molecule has 0 aliphatic rings. The van der Waals surface area contributed by atoms with E-state index in [-0.39, 0.29) is 5.91 Å². The molecule has 0 aliphatic heterocycles. The summed E-state index contributed by atoms with van der Waals surface area (Å²) in [5, 5.41) is 4.84. The van der Waals surface area contributed by atoms with Crippen LogP contribution in [0, 0.1) is 6.92 Å². The van der Waals surface area contributed by atoms with E-state index in [0.717, 1.165) is 11.3 Å². The molecule has 0 fully saturated rings. The lowest BCUT2D eigenvalue weighted by molar-refractivity contribution is -0.113. The second kappa shape index (κ2) is 6.56. The van der Waals surface area contributed by atoms with Gasteiger partial charge in [-0.15, -0.1) is 23.1 Å². The maximum atomic E-state index is 11.7. The summed E-state index contributed by atoms with van der Waals surface area (Å²) in [7, 11) is 0. The lowest BCUT2D eigenvalue weighted by atomic mass is 10.3. The molecular formula is C13H14N2OS2. The second-order valence-electron chi connectivity index (χ2n) is 3.84. The molecule has 0 aliphatic carbocycles. The van der Waals surface area contributed by atoms with Crippen LogP contribution in [0.4, 0.5) is 5.82 Å². The zero-order valence-corrected chi connectivity index (χ0v) is 11.7. The number of aryl methyl sites for hydroxylation is 1. The first-order chi connectivity index (χ1) is 8.74. The maximum Gasteiger partial charge on any atom is 0.235 e. The Hall–Kier alpha value is -1.33. The molecular weight excluding hydrogens is 264 g/mol. The first kappa shape index (κ1) is 13.1. The van der Waals surface area contributed by atoms with Gasteiger partial charge in [-0.05, 0) is 36.1 Å². The van der Waals surface area contributed by atoms with Crippen LogP contribution in [0.15, 0.2) is 35.8 Å². The summed E-state index contributed by atoms with van der Waals surface area (Å²) in [6.07, 6.45) is 1.70. The van der Waals surface area contributed by atoms with E-state index >= 15 is 0 Å². The van der Waals surface area contributed by atoms with E-state index < -0.39 is 0 Å². The fourth-order valence-corrected chi connectivity index (χ4v) is 3.09. The molecule has 0 saturated heterocycles. The van der Waals surface area contributed by atoms with Crippen molar-refractivity contribution in [2.24, 2.45) is 0 Å².